The fourth-order valence-electron chi connectivity index (χ4n) is 5.94. The Hall–Kier alpha value is -3.09. The van der Waals surface area contributed by atoms with E-state index in [0.29, 0.717) is 23.0 Å². The molecule has 0 spiro atoms. The van der Waals surface area contributed by atoms with Crippen molar-refractivity contribution in [3.05, 3.63) is 70.0 Å². The molecule has 0 unspecified atom stereocenters. The van der Waals surface area contributed by atoms with Gasteiger partial charge in [-0.05, 0) is 53.9 Å². The molecule has 7 heteroatoms. The molecule has 5 rings (SSSR count). The van der Waals surface area contributed by atoms with Crippen molar-refractivity contribution in [2.24, 2.45) is 21.7 Å². The van der Waals surface area contributed by atoms with Crippen LogP contribution in [-0.4, -0.2) is 38.6 Å². The lowest BCUT2D eigenvalue weighted by molar-refractivity contribution is -0.384. The second-order valence-electron chi connectivity index (χ2n) is 9.37. The zero-order valence-electron chi connectivity index (χ0n) is 17.3. The van der Waals surface area contributed by atoms with Gasteiger partial charge in [0.1, 0.15) is 5.69 Å². The van der Waals surface area contributed by atoms with Gasteiger partial charge >= 0.3 is 0 Å². The molecule has 0 N–H and O–H groups in total. The third kappa shape index (κ3) is 2.35. The van der Waals surface area contributed by atoms with E-state index in [1.165, 1.54) is 24.3 Å². The van der Waals surface area contributed by atoms with Crippen LogP contribution in [0.3, 0.4) is 0 Å². The Balaban J connectivity index is 1.60. The van der Waals surface area contributed by atoms with E-state index in [1.807, 2.05) is 23.1 Å². The van der Waals surface area contributed by atoms with Crippen LogP contribution in [0, 0.1) is 26.9 Å². The van der Waals surface area contributed by atoms with Crippen molar-refractivity contribution in [2.75, 3.05) is 0 Å². The first kappa shape index (κ1) is 18.9. The molecular weight excluding hydrogens is 380 g/mol. The number of aromatic nitrogens is 1. The van der Waals surface area contributed by atoms with E-state index in [2.05, 4.69) is 25.8 Å². The third-order valence-corrected chi connectivity index (χ3v) is 7.99. The minimum Gasteiger partial charge on any atom is -0.286 e. The van der Waals surface area contributed by atoms with Crippen LogP contribution in [0.15, 0.2) is 53.7 Å². The van der Waals surface area contributed by atoms with E-state index in [0.717, 1.165) is 12.8 Å². The molecule has 2 saturated carbocycles. The summed E-state index contributed by atoms with van der Waals surface area (Å²) in [4.78, 5) is 35.6. The summed E-state index contributed by atoms with van der Waals surface area (Å²) in [5.74, 6) is 0.788. The molecule has 2 bridgehead atoms. The average molecular weight is 404 g/mol. The number of benzene rings is 1. The zero-order valence-corrected chi connectivity index (χ0v) is 17.3. The molecule has 7 nitrogen and oxygen atoms in total. The van der Waals surface area contributed by atoms with Gasteiger partial charge in [0.05, 0.1) is 17.0 Å². The number of aliphatic imine (C=N–C) groups is 1. The number of amides is 1. The number of carbonyl (C=O) groups is 1. The predicted octanol–water partition coefficient (Wildman–Crippen LogP) is 4.09. The van der Waals surface area contributed by atoms with E-state index in [1.54, 1.807) is 6.20 Å². The SMILES string of the molecule is CC1(C)[C@@H]2CC[C@@]1(C)[C@@H]1N=C(c3ccccn3)N(C(=O)c3ccc([N+](=O)[O-])cc3)[C@H]21. The van der Waals surface area contributed by atoms with Gasteiger partial charge in [0.15, 0.2) is 5.84 Å². The van der Waals surface area contributed by atoms with Gasteiger partial charge in [-0.25, -0.2) is 0 Å². The minimum absolute atomic E-state index is 0.0153. The Morgan fingerprint density at radius 2 is 1.90 bits per heavy atom. The van der Waals surface area contributed by atoms with Crippen LogP contribution in [0.2, 0.25) is 0 Å². The molecule has 2 aliphatic carbocycles. The summed E-state index contributed by atoms with van der Waals surface area (Å²) < 4.78 is 0. The topological polar surface area (TPSA) is 88.7 Å². The van der Waals surface area contributed by atoms with E-state index in [4.69, 9.17) is 4.99 Å². The van der Waals surface area contributed by atoms with Gasteiger partial charge in [-0.2, -0.15) is 0 Å². The molecular formula is C23H24N4O3. The van der Waals surface area contributed by atoms with Gasteiger partial charge in [0.2, 0.25) is 0 Å². The van der Waals surface area contributed by atoms with Crippen LogP contribution >= 0.6 is 0 Å². The highest BCUT2D eigenvalue weighted by Crippen LogP contribution is 2.68. The lowest BCUT2D eigenvalue weighted by Gasteiger charge is -2.36. The summed E-state index contributed by atoms with van der Waals surface area (Å²) in [6.07, 6.45) is 3.88. The second kappa shape index (κ2) is 6.20. The first-order chi connectivity index (χ1) is 14.3. The monoisotopic (exact) mass is 404 g/mol. The number of nitrogens with zero attached hydrogens (tertiary/aromatic N) is 4. The average Bonchev–Trinajstić information content (AvgIpc) is 3.30. The summed E-state index contributed by atoms with van der Waals surface area (Å²) in [6.45, 7) is 6.90. The highest BCUT2D eigenvalue weighted by molar-refractivity contribution is 6.13. The summed E-state index contributed by atoms with van der Waals surface area (Å²) in [6, 6.07) is 11.5. The van der Waals surface area contributed by atoms with E-state index in [9.17, 15) is 14.9 Å². The van der Waals surface area contributed by atoms with Crippen molar-refractivity contribution >= 4 is 17.4 Å². The van der Waals surface area contributed by atoms with Crippen LogP contribution in [0.25, 0.3) is 0 Å². The van der Waals surface area contributed by atoms with E-state index >= 15 is 0 Å². The van der Waals surface area contributed by atoms with Crippen molar-refractivity contribution < 1.29 is 9.72 Å². The van der Waals surface area contributed by atoms with Crippen molar-refractivity contribution in [3.8, 4) is 0 Å². The molecule has 2 heterocycles. The number of hydrogen-bond donors (Lipinski definition) is 0. The van der Waals surface area contributed by atoms with Gasteiger partial charge in [0.25, 0.3) is 11.6 Å². The van der Waals surface area contributed by atoms with Gasteiger partial charge in [-0.15, -0.1) is 0 Å². The smallest absolute Gasteiger partial charge is 0.269 e. The Bertz CT molecular complexity index is 1060. The first-order valence-electron chi connectivity index (χ1n) is 10.3. The molecule has 2 aromatic rings. The molecule has 1 amide bonds. The summed E-state index contributed by atoms with van der Waals surface area (Å²) in [7, 11) is 0. The normalized spacial score (nSPS) is 30.8. The maximum absolute atomic E-state index is 13.7. The predicted molar refractivity (Wildman–Crippen MR) is 112 cm³/mol. The Morgan fingerprint density at radius 1 is 1.17 bits per heavy atom. The fourth-order valence-corrected chi connectivity index (χ4v) is 5.94. The number of nitro benzene ring substituents is 1. The first-order valence-corrected chi connectivity index (χ1v) is 10.3. The van der Waals surface area contributed by atoms with Crippen molar-refractivity contribution in [2.45, 2.75) is 45.7 Å². The summed E-state index contributed by atoms with van der Waals surface area (Å²) in [5, 5.41) is 11.0. The van der Waals surface area contributed by atoms with Gasteiger partial charge in [-0.3, -0.25) is 29.8 Å². The van der Waals surface area contributed by atoms with Gasteiger partial charge < -0.3 is 0 Å². The number of pyridine rings is 1. The number of hydrogen-bond acceptors (Lipinski definition) is 5. The lowest BCUT2D eigenvalue weighted by atomic mass is 9.69. The Morgan fingerprint density at radius 3 is 2.53 bits per heavy atom. The highest BCUT2D eigenvalue weighted by Gasteiger charge is 2.70. The molecule has 154 valence electrons. The molecule has 1 aromatic carbocycles. The molecule has 1 aliphatic heterocycles. The maximum Gasteiger partial charge on any atom is 0.269 e. The van der Waals surface area contributed by atoms with Crippen LogP contribution in [0.1, 0.15) is 49.7 Å². The molecule has 30 heavy (non-hydrogen) atoms. The van der Waals surface area contributed by atoms with E-state index < -0.39 is 4.92 Å². The minimum atomic E-state index is -0.458. The molecule has 3 aliphatic rings. The molecule has 1 aromatic heterocycles. The number of non-ortho nitro benzene ring substituents is 1. The zero-order chi connectivity index (χ0) is 21.3. The highest BCUT2D eigenvalue weighted by atomic mass is 16.6. The number of fused-ring (bicyclic) bond motifs is 5. The van der Waals surface area contributed by atoms with Gasteiger partial charge in [-0.1, -0.05) is 26.8 Å². The molecule has 0 saturated heterocycles. The quantitative estimate of drug-likeness (QED) is 0.569. The largest absolute Gasteiger partial charge is 0.286 e. The van der Waals surface area contributed by atoms with Gasteiger partial charge in [0, 0.05) is 23.9 Å². The van der Waals surface area contributed by atoms with Crippen LogP contribution in [0.5, 0.6) is 0 Å². The maximum atomic E-state index is 13.7. The third-order valence-electron chi connectivity index (χ3n) is 7.99. The Kier molecular flexibility index (Phi) is 3.91. The number of amidine groups is 1. The summed E-state index contributed by atoms with van der Waals surface area (Å²) in [5.41, 5.74) is 1.18. The summed E-state index contributed by atoms with van der Waals surface area (Å²) >= 11 is 0. The molecule has 2 fully saturated rings. The fraction of sp³-hybridized carbons (Fsp3) is 0.435. The van der Waals surface area contributed by atoms with Crippen molar-refractivity contribution in [3.63, 3.8) is 0 Å². The Labute approximate surface area is 175 Å². The second-order valence-corrected chi connectivity index (χ2v) is 9.37. The van der Waals surface area contributed by atoms with E-state index in [-0.39, 0.29) is 34.5 Å². The number of carbonyl (C=O) groups excluding carboxylic acids is 1. The van der Waals surface area contributed by atoms with Crippen molar-refractivity contribution in [1.29, 1.82) is 0 Å². The van der Waals surface area contributed by atoms with Crippen LogP contribution < -0.4 is 0 Å². The molecule has 0 radical (unpaired) electrons. The lowest BCUT2D eigenvalue weighted by Crippen LogP contribution is -2.48. The standard InChI is InChI=1S/C23H24N4O3/c1-22(2)16-11-12-23(22,3)19-18(16)26(20(25-19)17-6-4-5-13-24-17)21(28)14-7-9-15(10-8-14)27(29)30/h4-10,13,16,18-19H,11-12H2,1-3H3/t16-,18-,19-,23+/m1/s1. The molecule has 4 atom stereocenters. The van der Waals surface area contributed by atoms with Crippen molar-refractivity contribution in [1.82, 2.24) is 9.88 Å². The number of rotatable bonds is 3. The van der Waals surface area contributed by atoms with Crippen LogP contribution in [-0.2, 0) is 0 Å². The number of nitro groups is 1. The van der Waals surface area contributed by atoms with Crippen LogP contribution in [0.4, 0.5) is 5.69 Å².